The van der Waals surface area contributed by atoms with E-state index in [0.717, 1.165) is 11.4 Å². The first-order valence-corrected chi connectivity index (χ1v) is 11.0. The van der Waals surface area contributed by atoms with E-state index in [2.05, 4.69) is 51.2 Å². The molecule has 0 aliphatic rings. The number of hydrogen-bond donors (Lipinski definition) is 2. The zero-order chi connectivity index (χ0) is 24.4. The number of aromatic nitrogens is 4. The molecule has 0 unspecified atom stereocenters. The Morgan fingerprint density at radius 1 is 0.576 bits per heavy atom. The van der Waals surface area contributed by atoms with Crippen LogP contribution in [0.1, 0.15) is 22.3 Å². The Bertz CT molecular complexity index is 1110. The van der Waals surface area contributed by atoms with Crippen LogP contribution in [0.15, 0.2) is 61.2 Å². The average molecular weight is 504 g/mol. The van der Waals surface area contributed by atoms with Gasteiger partial charge in [-0.2, -0.15) is 0 Å². The van der Waals surface area contributed by atoms with Gasteiger partial charge in [0.2, 0.25) is 0 Å². The van der Waals surface area contributed by atoms with Gasteiger partial charge in [-0.05, 0) is 74.2 Å². The summed E-state index contributed by atoms with van der Waals surface area (Å²) in [5, 5.41) is 4.01. The Morgan fingerprint density at radius 2 is 0.970 bits per heavy atom. The van der Waals surface area contributed by atoms with Gasteiger partial charge >= 0.3 is 0 Å². The Labute approximate surface area is 209 Å². The maximum Gasteiger partial charge on any atom is 0.171 e. The van der Waals surface area contributed by atoms with Crippen LogP contribution in [0.5, 0.6) is 0 Å². The van der Waals surface area contributed by atoms with Gasteiger partial charge in [0.05, 0.1) is 0 Å². The molecule has 0 atom stereocenters. The summed E-state index contributed by atoms with van der Waals surface area (Å²) in [5.74, 6) is 0.578. The van der Waals surface area contributed by atoms with Crippen molar-refractivity contribution in [3.8, 4) is 0 Å². The molecular weight excluding hydrogens is 479 g/mol. The Balaban J connectivity index is 0.000000192. The molecular formula is C24H25Cl3N6. The van der Waals surface area contributed by atoms with Crippen molar-refractivity contribution in [3.05, 3.63) is 98.9 Å². The number of nitrogens with one attached hydrogen (secondary N) is 1. The second kappa shape index (κ2) is 12.9. The van der Waals surface area contributed by atoms with Crippen LogP contribution in [0.3, 0.4) is 0 Å². The fraction of sp³-hybridized carbons (Fsp3) is 0.167. The highest BCUT2D eigenvalue weighted by molar-refractivity contribution is 6.40. The molecule has 33 heavy (non-hydrogen) atoms. The summed E-state index contributed by atoms with van der Waals surface area (Å²) in [5.41, 5.74) is 12.2. The van der Waals surface area contributed by atoms with E-state index in [-0.39, 0.29) is 10.3 Å². The quantitative estimate of drug-likeness (QED) is 0.282. The van der Waals surface area contributed by atoms with Crippen molar-refractivity contribution in [1.29, 1.82) is 0 Å². The fourth-order valence-corrected chi connectivity index (χ4v) is 3.27. The highest BCUT2D eigenvalue weighted by Crippen LogP contribution is 2.22. The van der Waals surface area contributed by atoms with Crippen LogP contribution in [0.4, 0.5) is 17.2 Å². The van der Waals surface area contributed by atoms with E-state index >= 15 is 0 Å². The van der Waals surface area contributed by atoms with Crippen molar-refractivity contribution in [2.75, 3.05) is 11.1 Å². The number of benzene rings is 2. The summed E-state index contributed by atoms with van der Waals surface area (Å²) in [6, 6.07) is 12.2. The van der Waals surface area contributed by atoms with Crippen molar-refractivity contribution in [1.82, 2.24) is 19.9 Å². The molecule has 2 aromatic carbocycles. The first-order valence-electron chi connectivity index (χ1n) is 9.91. The van der Waals surface area contributed by atoms with E-state index < -0.39 is 0 Å². The van der Waals surface area contributed by atoms with Gasteiger partial charge in [0.25, 0.3) is 0 Å². The maximum atomic E-state index is 5.92. The average Bonchev–Trinajstić information content (AvgIpc) is 2.71. The Morgan fingerprint density at radius 3 is 1.36 bits per heavy atom. The molecule has 0 bridgehead atoms. The molecule has 9 heteroatoms. The first kappa shape index (κ1) is 26.3. The lowest BCUT2D eigenvalue weighted by molar-refractivity contribution is 1.20. The zero-order valence-electron chi connectivity index (χ0n) is 18.8. The molecule has 0 amide bonds. The number of anilines is 3. The summed E-state index contributed by atoms with van der Waals surface area (Å²) in [6.07, 6.45) is 6.13. The smallest absolute Gasteiger partial charge is 0.171 e. The van der Waals surface area contributed by atoms with Gasteiger partial charge in [0, 0.05) is 36.2 Å². The third-order valence-corrected chi connectivity index (χ3v) is 4.92. The third-order valence-electron chi connectivity index (χ3n) is 3.99. The molecule has 4 aromatic rings. The summed E-state index contributed by atoms with van der Waals surface area (Å²) in [4.78, 5) is 15.4. The zero-order valence-corrected chi connectivity index (χ0v) is 21.0. The third kappa shape index (κ3) is 9.61. The van der Waals surface area contributed by atoms with Crippen molar-refractivity contribution in [2.45, 2.75) is 27.7 Å². The standard InChI is InChI=1S/C12H12ClN3.C8H11N.C4H2Cl2N2/c1-8-5-9(2)7-10(6-8)16-12-11(13)14-3-4-15-12;1-6-3-7(2)5-8(9)4-6;5-3-4(6)8-2-1-7-3/h3-7H,1-2H3,(H,15,16);3-5H,9H2,1-2H3;1-2H. The van der Waals surface area contributed by atoms with Gasteiger partial charge in [0.1, 0.15) is 0 Å². The van der Waals surface area contributed by atoms with Crippen LogP contribution in [-0.4, -0.2) is 19.9 Å². The summed E-state index contributed by atoms with van der Waals surface area (Å²) in [7, 11) is 0. The van der Waals surface area contributed by atoms with E-state index in [4.69, 9.17) is 40.5 Å². The second-order valence-electron chi connectivity index (χ2n) is 7.26. The second-order valence-corrected chi connectivity index (χ2v) is 8.33. The lowest BCUT2D eigenvalue weighted by atomic mass is 10.1. The van der Waals surface area contributed by atoms with Crippen molar-refractivity contribution in [3.63, 3.8) is 0 Å². The van der Waals surface area contributed by atoms with Gasteiger partial charge in [-0.25, -0.2) is 19.9 Å². The molecule has 2 aromatic heterocycles. The normalized spacial score (nSPS) is 9.79. The number of nitrogens with two attached hydrogens (primary N) is 1. The molecule has 0 fully saturated rings. The first-order chi connectivity index (χ1) is 15.6. The van der Waals surface area contributed by atoms with Gasteiger partial charge in [0.15, 0.2) is 21.3 Å². The highest BCUT2D eigenvalue weighted by Gasteiger charge is 2.03. The SMILES string of the molecule is Cc1cc(C)cc(N)c1.Cc1cc(C)cc(Nc2nccnc2Cl)c1.Clc1nccnc1Cl. The molecule has 0 saturated heterocycles. The van der Waals surface area contributed by atoms with Gasteiger partial charge in [-0.15, -0.1) is 0 Å². The van der Waals surface area contributed by atoms with E-state index in [1.54, 1.807) is 12.4 Å². The van der Waals surface area contributed by atoms with Crippen molar-refractivity contribution >= 4 is 52.0 Å². The minimum Gasteiger partial charge on any atom is -0.399 e. The Kier molecular flexibility index (Phi) is 10.3. The molecule has 0 aliphatic heterocycles. The van der Waals surface area contributed by atoms with Gasteiger partial charge < -0.3 is 11.1 Å². The van der Waals surface area contributed by atoms with Crippen LogP contribution >= 0.6 is 34.8 Å². The number of hydrogen-bond acceptors (Lipinski definition) is 6. The predicted molar refractivity (Wildman–Crippen MR) is 139 cm³/mol. The monoisotopic (exact) mass is 502 g/mol. The van der Waals surface area contributed by atoms with Gasteiger partial charge in [-0.1, -0.05) is 46.9 Å². The summed E-state index contributed by atoms with van der Waals surface area (Å²) >= 11 is 16.7. The predicted octanol–water partition coefficient (Wildman–Crippen LogP) is 7.16. The molecule has 172 valence electrons. The van der Waals surface area contributed by atoms with Crippen molar-refractivity contribution in [2.24, 2.45) is 0 Å². The van der Waals surface area contributed by atoms with Gasteiger partial charge in [-0.3, -0.25) is 0 Å². The minimum absolute atomic E-state index is 0.245. The lowest BCUT2D eigenvalue weighted by Gasteiger charge is -2.08. The minimum atomic E-state index is 0.245. The number of rotatable bonds is 2. The number of halogens is 3. The van der Waals surface area contributed by atoms with Crippen molar-refractivity contribution < 1.29 is 0 Å². The molecule has 0 spiro atoms. The van der Waals surface area contributed by atoms with E-state index in [0.29, 0.717) is 11.0 Å². The molecule has 2 heterocycles. The number of aryl methyl sites for hydroxylation is 4. The van der Waals surface area contributed by atoms with Crippen LogP contribution < -0.4 is 11.1 Å². The highest BCUT2D eigenvalue weighted by atomic mass is 35.5. The van der Waals surface area contributed by atoms with E-state index in [1.807, 2.05) is 38.1 Å². The molecule has 0 radical (unpaired) electrons. The van der Waals surface area contributed by atoms with Crippen LogP contribution in [-0.2, 0) is 0 Å². The molecule has 4 rings (SSSR count). The van der Waals surface area contributed by atoms with Crippen LogP contribution in [0, 0.1) is 27.7 Å². The van der Waals surface area contributed by atoms with E-state index in [1.165, 1.54) is 34.6 Å². The topological polar surface area (TPSA) is 89.6 Å². The maximum absolute atomic E-state index is 5.92. The largest absolute Gasteiger partial charge is 0.399 e. The van der Waals surface area contributed by atoms with Crippen LogP contribution in [0.25, 0.3) is 0 Å². The molecule has 3 N–H and O–H groups in total. The number of nitrogen functional groups attached to an aromatic ring is 1. The molecule has 0 aliphatic carbocycles. The summed E-state index contributed by atoms with van der Waals surface area (Å²) in [6.45, 7) is 8.19. The van der Waals surface area contributed by atoms with E-state index in [9.17, 15) is 0 Å². The lowest BCUT2D eigenvalue weighted by Crippen LogP contribution is -1.96. The molecule has 0 saturated carbocycles. The summed E-state index contributed by atoms with van der Waals surface area (Å²) < 4.78 is 0. The van der Waals surface area contributed by atoms with Crippen LogP contribution in [0.2, 0.25) is 15.5 Å². The fourth-order valence-electron chi connectivity index (χ4n) is 2.90. The number of nitrogens with zero attached hydrogens (tertiary/aromatic N) is 4. The Hall–Kier alpha value is -2.93. The molecule has 6 nitrogen and oxygen atoms in total.